The van der Waals surface area contributed by atoms with E-state index < -0.39 is 0 Å². The molecule has 0 amide bonds. The number of aromatic nitrogens is 2. The number of aryl methyl sites for hydroxylation is 1. The Labute approximate surface area is 212 Å². The average molecular weight is 481 g/mol. The van der Waals surface area contributed by atoms with Crippen LogP contribution < -0.4 is 10.1 Å². The van der Waals surface area contributed by atoms with Gasteiger partial charge in [0.15, 0.2) is 0 Å². The number of rotatable bonds is 4. The molecule has 0 spiro atoms. The lowest BCUT2D eigenvalue weighted by molar-refractivity contribution is 0.0754. The molecule has 1 aliphatic rings. The maximum absolute atomic E-state index is 6.15. The number of nitrogens with zero attached hydrogens (tertiary/aromatic N) is 3. The first-order chi connectivity index (χ1) is 17.7. The van der Waals surface area contributed by atoms with Crippen LogP contribution in [0.3, 0.4) is 0 Å². The number of pyridine rings is 2. The third kappa shape index (κ3) is 6.68. The van der Waals surface area contributed by atoms with Crippen LogP contribution in [0.1, 0.15) is 28.1 Å². The minimum absolute atomic E-state index is 0.513. The summed E-state index contributed by atoms with van der Waals surface area (Å²) in [6, 6.07) is 27.1. The van der Waals surface area contributed by atoms with E-state index in [-0.39, 0.29) is 0 Å². The predicted octanol–water partition coefficient (Wildman–Crippen LogP) is 5.53. The molecule has 3 heterocycles. The Morgan fingerprint density at radius 2 is 1.81 bits per heavy atom. The van der Waals surface area contributed by atoms with E-state index in [4.69, 9.17) is 14.5 Å². The van der Waals surface area contributed by atoms with E-state index in [1.165, 1.54) is 11.1 Å². The predicted molar refractivity (Wildman–Crippen MR) is 143 cm³/mol. The van der Waals surface area contributed by atoms with Crippen molar-refractivity contribution in [2.24, 2.45) is 0 Å². The second-order valence-electron chi connectivity index (χ2n) is 9.10. The zero-order chi connectivity index (χ0) is 24.6. The first-order valence-electron chi connectivity index (χ1n) is 12.5. The van der Waals surface area contributed by atoms with E-state index in [1.807, 2.05) is 43.3 Å². The monoisotopic (exact) mass is 480 g/mol. The number of hydrogen-bond donors (Lipinski definition) is 1. The van der Waals surface area contributed by atoms with Crippen molar-refractivity contribution in [3.05, 3.63) is 113 Å². The summed E-state index contributed by atoms with van der Waals surface area (Å²) in [6.45, 7) is 6.21. The fraction of sp³-hybridized carbons (Fsp3) is 0.267. The van der Waals surface area contributed by atoms with Gasteiger partial charge in [-0.3, -0.25) is 9.88 Å². The molecule has 4 aromatic rings. The largest absolute Gasteiger partial charge is 0.491 e. The molecule has 6 heteroatoms. The molecular weight excluding hydrogens is 448 g/mol. The summed E-state index contributed by atoms with van der Waals surface area (Å²) in [5.74, 6) is 1.71. The fourth-order valence-electron chi connectivity index (χ4n) is 4.47. The fourth-order valence-corrected chi connectivity index (χ4v) is 4.47. The Hall–Kier alpha value is -3.74. The molecule has 2 aromatic carbocycles. The van der Waals surface area contributed by atoms with E-state index in [1.54, 1.807) is 6.20 Å². The van der Waals surface area contributed by atoms with Gasteiger partial charge in [0.05, 0.1) is 18.9 Å². The third-order valence-corrected chi connectivity index (χ3v) is 6.16. The van der Waals surface area contributed by atoms with Crippen molar-refractivity contribution in [1.82, 2.24) is 14.9 Å². The molecule has 0 fully saturated rings. The lowest BCUT2D eigenvalue weighted by Crippen LogP contribution is -2.28. The van der Waals surface area contributed by atoms with Crippen LogP contribution in [0.2, 0.25) is 0 Å². The van der Waals surface area contributed by atoms with Gasteiger partial charge in [-0.25, -0.2) is 4.98 Å². The van der Waals surface area contributed by atoms with E-state index in [9.17, 15) is 0 Å². The number of nitrogens with one attached hydrogen (secondary N) is 1. The highest BCUT2D eigenvalue weighted by molar-refractivity contribution is 5.59. The maximum Gasteiger partial charge on any atom is 0.130 e. The topological polar surface area (TPSA) is 59.5 Å². The Morgan fingerprint density at radius 1 is 0.889 bits per heavy atom. The van der Waals surface area contributed by atoms with Gasteiger partial charge in [-0.15, -0.1) is 0 Å². The summed E-state index contributed by atoms with van der Waals surface area (Å²) in [5.41, 5.74) is 6.78. The Balaban J connectivity index is 1.38. The van der Waals surface area contributed by atoms with Crippen molar-refractivity contribution < 1.29 is 9.47 Å². The van der Waals surface area contributed by atoms with Crippen LogP contribution in [0.15, 0.2) is 85.1 Å². The van der Waals surface area contributed by atoms with Gasteiger partial charge in [0.1, 0.15) is 18.2 Å². The van der Waals surface area contributed by atoms with E-state index in [2.05, 4.69) is 57.7 Å². The molecule has 1 N–H and O–H groups in total. The van der Waals surface area contributed by atoms with Gasteiger partial charge >= 0.3 is 0 Å². The number of benzene rings is 2. The van der Waals surface area contributed by atoms with Crippen LogP contribution in [-0.2, 0) is 24.2 Å². The van der Waals surface area contributed by atoms with Gasteiger partial charge in [0, 0.05) is 49.2 Å². The molecule has 0 atom stereocenters. The van der Waals surface area contributed by atoms with Crippen molar-refractivity contribution in [3.63, 3.8) is 0 Å². The second-order valence-corrected chi connectivity index (χ2v) is 9.10. The smallest absolute Gasteiger partial charge is 0.130 e. The van der Waals surface area contributed by atoms with Crippen LogP contribution in [0.4, 0.5) is 11.5 Å². The van der Waals surface area contributed by atoms with Gasteiger partial charge in [-0.05, 0) is 60.5 Å². The Kier molecular flexibility index (Phi) is 7.86. The first kappa shape index (κ1) is 24.0. The standard InChI is InChI=1S/C30H32N4O2/c1-23-6-4-9-28(32-23)22-34-14-15-35-16-17-36-29-12-11-27(33-30-10-2-3-13-31-30)20-26(29)19-24-7-5-8-25(18-24)21-34/h2-13,18,20H,14-17,19,21-22H2,1H3,(H,31,33). The summed E-state index contributed by atoms with van der Waals surface area (Å²) in [6.07, 6.45) is 2.57. The minimum atomic E-state index is 0.513. The zero-order valence-corrected chi connectivity index (χ0v) is 20.7. The van der Waals surface area contributed by atoms with Gasteiger partial charge in [-0.1, -0.05) is 36.4 Å². The van der Waals surface area contributed by atoms with E-state index in [0.717, 1.165) is 60.3 Å². The summed E-state index contributed by atoms with van der Waals surface area (Å²) < 4.78 is 12.1. The van der Waals surface area contributed by atoms with Crippen LogP contribution in [0.25, 0.3) is 0 Å². The van der Waals surface area contributed by atoms with Crippen molar-refractivity contribution in [2.75, 3.05) is 31.7 Å². The summed E-state index contributed by atoms with van der Waals surface area (Å²) >= 11 is 0. The lowest BCUT2D eigenvalue weighted by Gasteiger charge is -2.23. The molecule has 0 saturated carbocycles. The highest BCUT2D eigenvalue weighted by atomic mass is 16.5. The Morgan fingerprint density at radius 3 is 2.69 bits per heavy atom. The average Bonchev–Trinajstić information content (AvgIpc) is 2.87. The number of hydrogen-bond acceptors (Lipinski definition) is 6. The highest BCUT2D eigenvalue weighted by Gasteiger charge is 2.12. The van der Waals surface area contributed by atoms with Gasteiger partial charge in [-0.2, -0.15) is 0 Å². The van der Waals surface area contributed by atoms with Gasteiger partial charge < -0.3 is 14.8 Å². The number of ether oxygens (including phenoxy) is 2. The molecule has 184 valence electrons. The number of anilines is 2. The number of fused-ring (bicyclic) bond motifs is 3. The summed E-state index contributed by atoms with van der Waals surface area (Å²) in [4.78, 5) is 11.5. The van der Waals surface area contributed by atoms with Crippen molar-refractivity contribution in [2.45, 2.75) is 26.4 Å². The maximum atomic E-state index is 6.15. The molecule has 2 bridgehead atoms. The molecule has 36 heavy (non-hydrogen) atoms. The molecular formula is C30H32N4O2. The van der Waals surface area contributed by atoms with E-state index in [0.29, 0.717) is 19.8 Å². The molecule has 0 saturated heterocycles. The quantitative estimate of drug-likeness (QED) is 0.414. The normalized spacial score (nSPS) is 14.8. The zero-order valence-electron chi connectivity index (χ0n) is 20.7. The molecule has 5 rings (SSSR count). The molecule has 0 radical (unpaired) electrons. The summed E-state index contributed by atoms with van der Waals surface area (Å²) in [5, 5.41) is 3.39. The second kappa shape index (κ2) is 11.8. The van der Waals surface area contributed by atoms with Gasteiger partial charge in [0.2, 0.25) is 0 Å². The molecule has 6 nitrogen and oxygen atoms in total. The molecule has 0 unspecified atom stereocenters. The van der Waals surface area contributed by atoms with Crippen LogP contribution in [0, 0.1) is 6.92 Å². The van der Waals surface area contributed by atoms with Crippen LogP contribution in [0.5, 0.6) is 5.75 Å². The van der Waals surface area contributed by atoms with Crippen molar-refractivity contribution in [3.8, 4) is 5.75 Å². The van der Waals surface area contributed by atoms with Crippen molar-refractivity contribution >= 4 is 11.5 Å². The lowest BCUT2D eigenvalue weighted by atomic mass is 10.0. The first-order valence-corrected chi connectivity index (χ1v) is 12.5. The third-order valence-electron chi connectivity index (χ3n) is 6.16. The minimum Gasteiger partial charge on any atom is -0.491 e. The SMILES string of the molecule is Cc1cccc(CN2CCOCCOc3ccc(Nc4ccccn4)cc3Cc3cccc(c3)C2)n1. The molecule has 1 aliphatic heterocycles. The highest BCUT2D eigenvalue weighted by Crippen LogP contribution is 2.28. The summed E-state index contributed by atoms with van der Waals surface area (Å²) in [7, 11) is 0. The Bertz CT molecular complexity index is 1280. The van der Waals surface area contributed by atoms with Crippen LogP contribution in [-0.4, -0.2) is 41.2 Å². The van der Waals surface area contributed by atoms with Crippen LogP contribution >= 0.6 is 0 Å². The van der Waals surface area contributed by atoms with E-state index >= 15 is 0 Å². The molecule has 2 aromatic heterocycles. The molecule has 0 aliphatic carbocycles. The van der Waals surface area contributed by atoms with Crippen molar-refractivity contribution in [1.29, 1.82) is 0 Å². The van der Waals surface area contributed by atoms with Gasteiger partial charge in [0.25, 0.3) is 0 Å².